The first kappa shape index (κ1) is 23.7. The average Bonchev–Trinajstić information content (AvgIpc) is 2.68. The van der Waals surface area contributed by atoms with Crippen LogP contribution in [0.15, 0.2) is 30.3 Å². The molecule has 0 N–H and O–H groups in total. The molecule has 3 nitrogen and oxygen atoms in total. The molecule has 1 aromatic carbocycles. The molecular weight excluding hydrogens is 336 g/mol. The van der Waals surface area contributed by atoms with Crippen molar-refractivity contribution in [1.29, 1.82) is 0 Å². The molecular formula is C24H40O3. The summed E-state index contributed by atoms with van der Waals surface area (Å²) in [6.45, 7) is 5.28. The Kier molecular flexibility index (Phi) is 14.7. The average molecular weight is 377 g/mol. The minimum atomic E-state index is -0.163. The first-order valence-corrected chi connectivity index (χ1v) is 11.1. The van der Waals surface area contributed by atoms with Gasteiger partial charge in [0.15, 0.2) is 0 Å². The van der Waals surface area contributed by atoms with E-state index in [-0.39, 0.29) is 12.1 Å². The Morgan fingerprint density at radius 1 is 0.815 bits per heavy atom. The van der Waals surface area contributed by atoms with Crippen LogP contribution >= 0.6 is 0 Å². The normalized spacial score (nSPS) is 12.1. The topological polar surface area (TPSA) is 35.5 Å². The van der Waals surface area contributed by atoms with Gasteiger partial charge in [-0.1, -0.05) is 89.8 Å². The fourth-order valence-electron chi connectivity index (χ4n) is 3.19. The summed E-state index contributed by atoms with van der Waals surface area (Å²) in [5, 5.41) is 0. The van der Waals surface area contributed by atoms with E-state index in [0.717, 1.165) is 25.9 Å². The summed E-state index contributed by atoms with van der Waals surface area (Å²) < 4.78 is 11.5. The lowest BCUT2D eigenvalue weighted by Gasteiger charge is -2.18. The van der Waals surface area contributed by atoms with Gasteiger partial charge in [0.1, 0.15) is 5.75 Å². The number of hydrogen-bond donors (Lipinski definition) is 0. The van der Waals surface area contributed by atoms with Gasteiger partial charge in [-0.2, -0.15) is 0 Å². The molecule has 0 aliphatic rings. The van der Waals surface area contributed by atoms with Gasteiger partial charge in [0.25, 0.3) is 0 Å². The summed E-state index contributed by atoms with van der Waals surface area (Å²) in [5.74, 6) is 0.458. The van der Waals surface area contributed by atoms with Crippen LogP contribution in [0.3, 0.4) is 0 Å². The van der Waals surface area contributed by atoms with E-state index in [4.69, 9.17) is 9.47 Å². The summed E-state index contributed by atoms with van der Waals surface area (Å²) in [6.07, 6.45) is 15.0. The predicted octanol–water partition coefficient (Wildman–Crippen LogP) is 7.09. The number of unbranched alkanes of at least 4 members (excludes halogenated alkanes) is 8. The molecule has 0 amide bonds. The van der Waals surface area contributed by atoms with Gasteiger partial charge in [-0.05, 0) is 31.4 Å². The van der Waals surface area contributed by atoms with Crippen molar-refractivity contribution in [2.75, 3.05) is 6.61 Å². The Morgan fingerprint density at radius 3 is 2.15 bits per heavy atom. The fraction of sp³-hybridized carbons (Fsp3) is 0.708. The molecule has 0 saturated carbocycles. The molecule has 0 radical (unpaired) electrons. The second kappa shape index (κ2) is 16.8. The minimum Gasteiger partial charge on any atom is -0.427 e. The van der Waals surface area contributed by atoms with E-state index < -0.39 is 0 Å². The maximum atomic E-state index is 12.1. The lowest BCUT2D eigenvalue weighted by atomic mass is 10.0. The second-order valence-corrected chi connectivity index (χ2v) is 7.44. The predicted molar refractivity (Wildman–Crippen MR) is 113 cm³/mol. The second-order valence-electron chi connectivity index (χ2n) is 7.44. The van der Waals surface area contributed by atoms with Crippen LogP contribution in [0.25, 0.3) is 0 Å². The van der Waals surface area contributed by atoms with Crippen molar-refractivity contribution in [3.8, 4) is 5.75 Å². The van der Waals surface area contributed by atoms with E-state index in [1.807, 2.05) is 30.3 Å². The molecule has 0 fully saturated rings. The van der Waals surface area contributed by atoms with E-state index in [9.17, 15) is 4.79 Å². The monoisotopic (exact) mass is 376 g/mol. The SMILES string of the molecule is CCCCCCCCC(CCC(=O)Oc1ccccc1)OCCCCCC. The molecule has 0 aliphatic heterocycles. The Labute approximate surface area is 166 Å². The number of hydrogen-bond acceptors (Lipinski definition) is 3. The van der Waals surface area contributed by atoms with Gasteiger partial charge in [-0.15, -0.1) is 0 Å². The third-order valence-corrected chi connectivity index (χ3v) is 4.88. The van der Waals surface area contributed by atoms with Crippen molar-refractivity contribution in [1.82, 2.24) is 0 Å². The molecule has 1 unspecified atom stereocenters. The highest BCUT2D eigenvalue weighted by atomic mass is 16.5. The lowest BCUT2D eigenvalue weighted by molar-refractivity contribution is -0.135. The van der Waals surface area contributed by atoms with E-state index in [0.29, 0.717) is 12.2 Å². The minimum absolute atomic E-state index is 0.163. The van der Waals surface area contributed by atoms with Gasteiger partial charge >= 0.3 is 5.97 Å². The highest BCUT2D eigenvalue weighted by Gasteiger charge is 2.13. The molecule has 0 aliphatic carbocycles. The number of ether oxygens (including phenoxy) is 2. The Balaban J connectivity index is 2.29. The maximum Gasteiger partial charge on any atom is 0.311 e. The van der Waals surface area contributed by atoms with Gasteiger partial charge in [-0.25, -0.2) is 0 Å². The van der Waals surface area contributed by atoms with Crippen LogP contribution in [-0.4, -0.2) is 18.7 Å². The molecule has 0 spiro atoms. The molecule has 27 heavy (non-hydrogen) atoms. The third kappa shape index (κ3) is 13.5. The van der Waals surface area contributed by atoms with Crippen molar-refractivity contribution in [2.24, 2.45) is 0 Å². The summed E-state index contributed by atoms with van der Waals surface area (Å²) in [5.41, 5.74) is 0. The first-order chi connectivity index (χ1) is 13.3. The van der Waals surface area contributed by atoms with Crippen LogP contribution in [-0.2, 0) is 9.53 Å². The van der Waals surface area contributed by atoms with E-state index in [2.05, 4.69) is 13.8 Å². The maximum absolute atomic E-state index is 12.1. The Morgan fingerprint density at radius 2 is 1.44 bits per heavy atom. The van der Waals surface area contributed by atoms with Crippen LogP contribution in [0.5, 0.6) is 5.75 Å². The first-order valence-electron chi connectivity index (χ1n) is 11.1. The van der Waals surface area contributed by atoms with Gasteiger partial charge in [0.2, 0.25) is 0 Å². The summed E-state index contributed by atoms with van der Waals surface area (Å²) in [4.78, 5) is 12.1. The number of carbonyl (C=O) groups excluding carboxylic acids is 1. The third-order valence-electron chi connectivity index (χ3n) is 4.88. The van der Waals surface area contributed by atoms with Crippen molar-refractivity contribution in [2.45, 2.75) is 103 Å². The quantitative estimate of drug-likeness (QED) is 0.165. The summed E-state index contributed by atoms with van der Waals surface area (Å²) in [6, 6.07) is 9.30. The Bertz CT molecular complexity index is 458. The molecule has 0 saturated heterocycles. The van der Waals surface area contributed by atoms with Gasteiger partial charge in [-0.3, -0.25) is 4.79 Å². The number of para-hydroxylation sites is 1. The zero-order valence-electron chi connectivity index (χ0n) is 17.6. The standard InChI is InChI=1S/C24H40O3/c1-3-5-7-9-10-12-16-22(26-21-15-8-6-4-2)19-20-24(25)27-23-17-13-11-14-18-23/h11,13-14,17-18,22H,3-10,12,15-16,19-21H2,1-2H3. The number of rotatable bonds is 17. The molecule has 1 aromatic rings. The highest BCUT2D eigenvalue weighted by Crippen LogP contribution is 2.16. The number of benzene rings is 1. The van der Waals surface area contributed by atoms with Crippen LogP contribution < -0.4 is 4.74 Å². The van der Waals surface area contributed by atoms with E-state index >= 15 is 0 Å². The van der Waals surface area contributed by atoms with E-state index in [1.165, 1.54) is 57.8 Å². The van der Waals surface area contributed by atoms with Crippen molar-refractivity contribution >= 4 is 5.97 Å². The molecule has 3 heteroatoms. The zero-order chi connectivity index (χ0) is 19.6. The zero-order valence-corrected chi connectivity index (χ0v) is 17.6. The highest BCUT2D eigenvalue weighted by molar-refractivity contribution is 5.72. The largest absolute Gasteiger partial charge is 0.427 e. The van der Waals surface area contributed by atoms with Crippen LogP contribution in [0.1, 0.15) is 97.3 Å². The molecule has 0 heterocycles. The van der Waals surface area contributed by atoms with Gasteiger partial charge in [0, 0.05) is 13.0 Å². The summed E-state index contributed by atoms with van der Waals surface area (Å²) >= 11 is 0. The molecule has 0 bridgehead atoms. The summed E-state index contributed by atoms with van der Waals surface area (Å²) in [7, 11) is 0. The van der Waals surface area contributed by atoms with Gasteiger partial charge < -0.3 is 9.47 Å². The van der Waals surface area contributed by atoms with Crippen LogP contribution in [0.2, 0.25) is 0 Å². The van der Waals surface area contributed by atoms with E-state index in [1.54, 1.807) is 0 Å². The Hall–Kier alpha value is -1.35. The van der Waals surface area contributed by atoms with Crippen molar-refractivity contribution in [3.63, 3.8) is 0 Å². The molecule has 1 atom stereocenters. The van der Waals surface area contributed by atoms with Crippen LogP contribution in [0, 0.1) is 0 Å². The van der Waals surface area contributed by atoms with Crippen LogP contribution in [0.4, 0.5) is 0 Å². The van der Waals surface area contributed by atoms with Crippen molar-refractivity contribution < 1.29 is 14.3 Å². The molecule has 154 valence electrons. The molecule has 0 aromatic heterocycles. The van der Waals surface area contributed by atoms with Crippen molar-refractivity contribution in [3.05, 3.63) is 30.3 Å². The lowest BCUT2D eigenvalue weighted by Crippen LogP contribution is -2.18. The fourth-order valence-corrected chi connectivity index (χ4v) is 3.19. The number of esters is 1. The smallest absolute Gasteiger partial charge is 0.311 e. The van der Waals surface area contributed by atoms with Gasteiger partial charge in [0.05, 0.1) is 6.10 Å². The number of carbonyl (C=O) groups is 1. The molecule has 1 rings (SSSR count).